The second-order valence-corrected chi connectivity index (χ2v) is 5.40. The number of hydrogen-bond donors (Lipinski definition) is 2. The quantitative estimate of drug-likeness (QED) is 0.764. The van der Waals surface area contributed by atoms with Gasteiger partial charge in [0.1, 0.15) is 6.04 Å². The van der Waals surface area contributed by atoms with Gasteiger partial charge in [-0.15, -0.1) is 0 Å². The summed E-state index contributed by atoms with van der Waals surface area (Å²) >= 11 is 0. The fraction of sp³-hybridized carbons (Fsp3) is 0.833. The highest BCUT2D eigenvalue weighted by molar-refractivity contribution is 5.82. The summed E-state index contributed by atoms with van der Waals surface area (Å²) in [5, 5.41) is 9.38. The van der Waals surface area contributed by atoms with Crippen molar-refractivity contribution in [3.63, 3.8) is 0 Å². The molecule has 3 N–H and O–H groups in total. The maximum atomic E-state index is 11.4. The molecule has 0 aromatic rings. The predicted molar refractivity (Wildman–Crippen MR) is 64.4 cm³/mol. The highest BCUT2D eigenvalue weighted by Crippen LogP contribution is 2.36. The van der Waals surface area contributed by atoms with Crippen molar-refractivity contribution in [2.45, 2.75) is 52.1 Å². The van der Waals surface area contributed by atoms with E-state index in [2.05, 4.69) is 0 Å². The Bertz CT molecular complexity index is 315. The molecule has 0 aliphatic carbocycles. The van der Waals surface area contributed by atoms with E-state index in [0.717, 1.165) is 12.8 Å². The Morgan fingerprint density at radius 3 is 2.53 bits per heavy atom. The van der Waals surface area contributed by atoms with Gasteiger partial charge in [-0.2, -0.15) is 0 Å². The number of nitrogens with two attached hydrogens (primary N) is 1. The van der Waals surface area contributed by atoms with Crippen molar-refractivity contribution in [2.24, 2.45) is 11.1 Å². The van der Waals surface area contributed by atoms with Crippen LogP contribution in [0.3, 0.4) is 0 Å². The molecule has 2 unspecified atom stereocenters. The molecular weight excluding hydrogens is 220 g/mol. The van der Waals surface area contributed by atoms with Crippen LogP contribution in [0.4, 0.5) is 0 Å². The molecule has 1 aliphatic heterocycles. The van der Waals surface area contributed by atoms with Gasteiger partial charge in [-0.3, -0.25) is 14.5 Å². The second kappa shape index (κ2) is 5.04. The average Bonchev–Trinajstić information content (AvgIpc) is 2.15. The number of carbonyl (C=O) groups is 2. The molecule has 0 spiro atoms. The van der Waals surface area contributed by atoms with Crippen LogP contribution < -0.4 is 5.73 Å². The van der Waals surface area contributed by atoms with E-state index in [0.29, 0.717) is 13.0 Å². The number of primary amides is 1. The Kier molecular flexibility index (Phi) is 4.14. The first-order valence-corrected chi connectivity index (χ1v) is 6.09. The molecule has 98 valence electrons. The summed E-state index contributed by atoms with van der Waals surface area (Å²) in [4.78, 5) is 24.6. The van der Waals surface area contributed by atoms with Crippen LogP contribution in [0, 0.1) is 5.41 Å². The van der Waals surface area contributed by atoms with Crippen molar-refractivity contribution in [2.75, 3.05) is 6.54 Å². The highest BCUT2D eigenvalue weighted by Gasteiger charge is 2.45. The van der Waals surface area contributed by atoms with Crippen LogP contribution in [0.2, 0.25) is 0 Å². The number of carboxylic acids is 1. The Morgan fingerprint density at radius 2 is 2.12 bits per heavy atom. The zero-order chi connectivity index (χ0) is 13.2. The fourth-order valence-corrected chi connectivity index (χ4v) is 2.84. The van der Waals surface area contributed by atoms with Gasteiger partial charge < -0.3 is 10.8 Å². The maximum Gasteiger partial charge on any atom is 0.321 e. The van der Waals surface area contributed by atoms with E-state index < -0.39 is 24.0 Å². The van der Waals surface area contributed by atoms with Gasteiger partial charge in [0.05, 0.1) is 6.04 Å². The largest absolute Gasteiger partial charge is 0.480 e. The minimum Gasteiger partial charge on any atom is -0.480 e. The number of hydrogen-bond acceptors (Lipinski definition) is 3. The molecule has 1 fully saturated rings. The molecule has 0 aromatic heterocycles. The summed E-state index contributed by atoms with van der Waals surface area (Å²) in [6.07, 6.45) is 2.31. The number of amides is 1. The van der Waals surface area contributed by atoms with Gasteiger partial charge in [-0.05, 0) is 31.2 Å². The van der Waals surface area contributed by atoms with Gasteiger partial charge in [0, 0.05) is 0 Å². The van der Waals surface area contributed by atoms with Crippen LogP contribution >= 0.6 is 0 Å². The topological polar surface area (TPSA) is 83.6 Å². The van der Waals surface area contributed by atoms with Crippen LogP contribution in [0.15, 0.2) is 0 Å². The standard InChI is InChI=1S/C12H22N2O3/c1-4-8(10(13)15)14-7-5-6-12(2,3)9(14)11(16)17/h8-9H,4-7H2,1-3H3,(H2,13,15)(H,16,17). The van der Waals surface area contributed by atoms with Crippen molar-refractivity contribution in [3.05, 3.63) is 0 Å². The molecule has 1 amide bonds. The molecule has 0 aromatic carbocycles. The van der Waals surface area contributed by atoms with Crippen LogP contribution in [0.5, 0.6) is 0 Å². The number of nitrogens with zero attached hydrogens (tertiary/aromatic N) is 1. The highest BCUT2D eigenvalue weighted by atomic mass is 16.4. The van der Waals surface area contributed by atoms with Crippen molar-refractivity contribution < 1.29 is 14.7 Å². The SMILES string of the molecule is CCC(C(N)=O)N1CCCC(C)(C)C1C(=O)O. The van der Waals surface area contributed by atoms with Gasteiger partial charge >= 0.3 is 5.97 Å². The van der Waals surface area contributed by atoms with Crippen LogP contribution in [-0.4, -0.2) is 40.5 Å². The molecule has 0 saturated carbocycles. The molecule has 0 radical (unpaired) electrons. The predicted octanol–water partition coefficient (Wildman–Crippen LogP) is 0.825. The minimum absolute atomic E-state index is 0.326. The molecular formula is C12H22N2O3. The molecule has 17 heavy (non-hydrogen) atoms. The minimum atomic E-state index is -0.866. The molecule has 1 rings (SSSR count). The van der Waals surface area contributed by atoms with E-state index in [4.69, 9.17) is 5.73 Å². The molecule has 5 nitrogen and oxygen atoms in total. The summed E-state index contributed by atoms with van der Waals surface area (Å²) < 4.78 is 0. The van der Waals surface area contributed by atoms with Crippen molar-refractivity contribution in [3.8, 4) is 0 Å². The van der Waals surface area contributed by atoms with Crippen molar-refractivity contribution >= 4 is 11.9 Å². The van der Waals surface area contributed by atoms with Gasteiger partial charge in [0.15, 0.2) is 0 Å². The maximum absolute atomic E-state index is 11.4. The van der Waals surface area contributed by atoms with E-state index in [-0.39, 0.29) is 5.41 Å². The number of likely N-dealkylation sites (tertiary alicyclic amines) is 1. The first kappa shape index (κ1) is 14.0. The first-order chi connectivity index (χ1) is 7.81. The van der Waals surface area contributed by atoms with Crippen molar-refractivity contribution in [1.29, 1.82) is 0 Å². The molecule has 0 bridgehead atoms. The number of piperidine rings is 1. The van der Waals surface area contributed by atoms with Crippen molar-refractivity contribution in [1.82, 2.24) is 4.90 Å². The zero-order valence-electron chi connectivity index (χ0n) is 10.8. The third-order valence-electron chi connectivity index (χ3n) is 3.66. The number of aliphatic carboxylic acids is 1. The molecule has 2 atom stereocenters. The van der Waals surface area contributed by atoms with E-state index in [1.54, 1.807) is 4.90 Å². The Hall–Kier alpha value is -1.10. The van der Waals surface area contributed by atoms with E-state index >= 15 is 0 Å². The number of carboxylic acid groups (broad SMARTS) is 1. The summed E-state index contributed by atoms with van der Waals surface area (Å²) in [6, 6.07) is -1.11. The fourth-order valence-electron chi connectivity index (χ4n) is 2.84. The Balaban J connectivity index is 3.02. The summed E-state index contributed by atoms with van der Waals surface area (Å²) in [5.41, 5.74) is 5.03. The summed E-state index contributed by atoms with van der Waals surface area (Å²) in [5.74, 6) is -1.30. The van der Waals surface area contributed by atoms with E-state index in [1.807, 2.05) is 20.8 Å². The Morgan fingerprint density at radius 1 is 1.53 bits per heavy atom. The monoisotopic (exact) mass is 242 g/mol. The lowest BCUT2D eigenvalue weighted by Crippen LogP contribution is -2.60. The Labute approximate surface area is 102 Å². The average molecular weight is 242 g/mol. The van der Waals surface area contributed by atoms with Gasteiger partial charge in [0.25, 0.3) is 0 Å². The van der Waals surface area contributed by atoms with Gasteiger partial charge in [0.2, 0.25) is 5.91 Å². The zero-order valence-corrected chi connectivity index (χ0v) is 10.8. The third kappa shape index (κ3) is 2.77. The molecule has 1 aliphatic rings. The van der Waals surface area contributed by atoms with Crippen LogP contribution in [0.1, 0.15) is 40.0 Å². The second-order valence-electron chi connectivity index (χ2n) is 5.40. The lowest BCUT2D eigenvalue weighted by atomic mass is 9.75. The molecule has 5 heteroatoms. The lowest BCUT2D eigenvalue weighted by molar-refractivity contribution is -0.154. The van der Waals surface area contributed by atoms with Crippen LogP contribution in [0.25, 0.3) is 0 Å². The van der Waals surface area contributed by atoms with Gasteiger partial charge in [-0.25, -0.2) is 0 Å². The molecule has 1 saturated heterocycles. The van der Waals surface area contributed by atoms with E-state index in [9.17, 15) is 14.7 Å². The number of carbonyl (C=O) groups excluding carboxylic acids is 1. The lowest BCUT2D eigenvalue weighted by Gasteiger charge is -2.46. The summed E-state index contributed by atoms with van der Waals surface area (Å²) in [6.45, 7) is 6.36. The normalized spacial score (nSPS) is 26.4. The van der Waals surface area contributed by atoms with Gasteiger partial charge in [-0.1, -0.05) is 20.8 Å². The van der Waals surface area contributed by atoms with E-state index in [1.165, 1.54) is 0 Å². The first-order valence-electron chi connectivity index (χ1n) is 6.09. The third-order valence-corrected chi connectivity index (χ3v) is 3.66. The smallest absolute Gasteiger partial charge is 0.321 e. The molecule has 1 heterocycles. The van der Waals surface area contributed by atoms with Crippen LogP contribution in [-0.2, 0) is 9.59 Å². The number of rotatable bonds is 4. The summed E-state index contributed by atoms with van der Waals surface area (Å²) in [7, 11) is 0.